The summed E-state index contributed by atoms with van der Waals surface area (Å²) in [4.78, 5) is 14.8. The molecule has 17 heavy (non-hydrogen) atoms. The average molecular weight is 248 g/mol. The van der Waals surface area contributed by atoms with Crippen molar-refractivity contribution in [3.8, 4) is 0 Å². The summed E-state index contributed by atoms with van der Waals surface area (Å²) in [7, 11) is 0. The molecule has 90 valence electrons. The molecule has 0 spiro atoms. The fourth-order valence-corrected chi connectivity index (χ4v) is 3.68. The molecule has 0 atom stereocenters. The molecule has 0 unspecified atom stereocenters. The van der Waals surface area contributed by atoms with Gasteiger partial charge in [0.05, 0.1) is 11.0 Å². The van der Waals surface area contributed by atoms with E-state index in [0.29, 0.717) is 5.92 Å². The summed E-state index contributed by atoms with van der Waals surface area (Å²) in [6.45, 7) is 0.864. The third-order valence-electron chi connectivity index (χ3n) is 3.46. The monoisotopic (exact) mass is 248 g/mol. The molecule has 3 nitrogen and oxygen atoms in total. The van der Waals surface area contributed by atoms with Crippen molar-refractivity contribution < 1.29 is 0 Å². The Bertz CT molecular complexity index is 566. The van der Waals surface area contributed by atoms with Crippen molar-refractivity contribution in [1.82, 2.24) is 9.55 Å². The van der Waals surface area contributed by atoms with Crippen molar-refractivity contribution in [2.24, 2.45) is 5.92 Å². The van der Waals surface area contributed by atoms with Gasteiger partial charge >= 0.3 is 5.69 Å². The van der Waals surface area contributed by atoms with Crippen LogP contribution < -0.4 is 5.69 Å². The van der Waals surface area contributed by atoms with Gasteiger partial charge in [0.25, 0.3) is 0 Å². The predicted octanol–water partition coefficient (Wildman–Crippen LogP) is 2.47. The Kier molecular flexibility index (Phi) is 2.97. The van der Waals surface area contributed by atoms with E-state index in [0.717, 1.165) is 17.6 Å². The van der Waals surface area contributed by atoms with Gasteiger partial charge in [-0.25, -0.2) is 4.79 Å². The van der Waals surface area contributed by atoms with Gasteiger partial charge < -0.3 is 4.98 Å². The van der Waals surface area contributed by atoms with Crippen LogP contribution in [-0.4, -0.2) is 21.1 Å². The van der Waals surface area contributed by atoms with Crippen molar-refractivity contribution in [2.45, 2.75) is 19.4 Å². The average Bonchev–Trinajstić information content (AvgIpc) is 2.68. The minimum Gasteiger partial charge on any atom is -0.306 e. The second-order valence-corrected chi connectivity index (χ2v) is 5.84. The molecular formula is C13H16N2OS. The first-order chi connectivity index (χ1) is 8.34. The van der Waals surface area contributed by atoms with Crippen LogP contribution in [0, 0.1) is 5.92 Å². The molecule has 0 aliphatic carbocycles. The smallest absolute Gasteiger partial charge is 0.306 e. The van der Waals surface area contributed by atoms with E-state index in [1.807, 2.05) is 40.6 Å². The van der Waals surface area contributed by atoms with Gasteiger partial charge in [-0.2, -0.15) is 11.8 Å². The van der Waals surface area contributed by atoms with E-state index in [4.69, 9.17) is 0 Å². The number of rotatable bonds is 2. The van der Waals surface area contributed by atoms with Gasteiger partial charge in [0, 0.05) is 6.54 Å². The van der Waals surface area contributed by atoms with Crippen LogP contribution in [0.15, 0.2) is 29.1 Å². The number of fused-ring (bicyclic) bond motifs is 1. The lowest BCUT2D eigenvalue weighted by molar-refractivity contribution is 0.417. The molecule has 1 fully saturated rings. The summed E-state index contributed by atoms with van der Waals surface area (Å²) < 4.78 is 1.90. The van der Waals surface area contributed by atoms with Gasteiger partial charge in [-0.15, -0.1) is 0 Å². The Morgan fingerprint density at radius 1 is 1.29 bits per heavy atom. The molecular weight excluding hydrogens is 232 g/mol. The summed E-state index contributed by atoms with van der Waals surface area (Å²) in [5, 5.41) is 0. The van der Waals surface area contributed by atoms with Crippen molar-refractivity contribution in [3.63, 3.8) is 0 Å². The molecule has 0 bridgehead atoms. The summed E-state index contributed by atoms with van der Waals surface area (Å²) in [5.74, 6) is 3.14. The number of thioether (sulfide) groups is 1. The van der Waals surface area contributed by atoms with Gasteiger partial charge in [-0.3, -0.25) is 4.57 Å². The van der Waals surface area contributed by atoms with Gasteiger partial charge in [-0.05, 0) is 42.4 Å². The van der Waals surface area contributed by atoms with Gasteiger partial charge in [0.2, 0.25) is 0 Å². The van der Waals surface area contributed by atoms with Crippen LogP contribution in [0.2, 0.25) is 0 Å². The zero-order chi connectivity index (χ0) is 11.7. The third kappa shape index (κ3) is 2.14. The highest BCUT2D eigenvalue weighted by Crippen LogP contribution is 2.24. The largest absolute Gasteiger partial charge is 0.326 e. The molecule has 0 saturated carbocycles. The van der Waals surface area contributed by atoms with E-state index in [-0.39, 0.29) is 5.69 Å². The molecule has 1 aliphatic heterocycles. The van der Waals surface area contributed by atoms with Crippen LogP contribution in [0.25, 0.3) is 11.0 Å². The van der Waals surface area contributed by atoms with Crippen molar-refractivity contribution >= 4 is 22.8 Å². The Balaban J connectivity index is 1.93. The SMILES string of the molecule is O=c1[nH]c2ccccc2n1CC1CCSCC1. The number of hydrogen-bond donors (Lipinski definition) is 1. The molecule has 1 aromatic carbocycles. The van der Waals surface area contributed by atoms with E-state index >= 15 is 0 Å². The van der Waals surface area contributed by atoms with Gasteiger partial charge in [-0.1, -0.05) is 12.1 Å². The van der Waals surface area contributed by atoms with Crippen molar-refractivity contribution in [2.75, 3.05) is 11.5 Å². The number of benzene rings is 1. The molecule has 2 heterocycles. The maximum atomic E-state index is 11.9. The molecule has 1 aromatic heterocycles. The normalized spacial score (nSPS) is 17.6. The minimum atomic E-state index is 0.0319. The second-order valence-electron chi connectivity index (χ2n) is 4.61. The summed E-state index contributed by atoms with van der Waals surface area (Å²) in [5.41, 5.74) is 2.02. The molecule has 4 heteroatoms. The van der Waals surface area contributed by atoms with Crippen molar-refractivity contribution in [3.05, 3.63) is 34.7 Å². The Hall–Kier alpha value is -1.16. The number of H-pyrrole nitrogens is 1. The summed E-state index contributed by atoms with van der Waals surface area (Å²) in [6.07, 6.45) is 2.47. The number of aromatic nitrogens is 2. The lowest BCUT2D eigenvalue weighted by atomic mass is 10.0. The standard InChI is InChI=1S/C13H16N2OS/c16-13-14-11-3-1-2-4-12(11)15(13)9-10-5-7-17-8-6-10/h1-4,10H,5-9H2,(H,14,16). The summed E-state index contributed by atoms with van der Waals surface area (Å²) >= 11 is 2.02. The third-order valence-corrected chi connectivity index (χ3v) is 4.51. The van der Waals surface area contributed by atoms with E-state index in [1.165, 1.54) is 24.3 Å². The maximum Gasteiger partial charge on any atom is 0.326 e. The first kappa shape index (κ1) is 11.0. The van der Waals surface area contributed by atoms with Crippen LogP contribution in [0.3, 0.4) is 0 Å². The Morgan fingerprint density at radius 2 is 2.06 bits per heavy atom. The van der Waals surface area contributed by atoms with Crippen LogP contribution in [-0.2, 0) is 6.54 Å². The summed E-state index contributed by atoms with van der Waals surface area (Å²) in [6, 6.07) is 7.93. The molecule has 1 saturated heterocycles. The van der Waals surface area contributed by atoms with E-state index in [1.54, 1.807) is 0 Å². The second kappa shape index (κ2) is 4.61. The zero-order valence-corrected chi connectivity index (χ0v) is 10.5. The van der Waals surface area contributed by atoms with Crippen LogP contribution in [0.4, 0.5) is 0 Å². The highest BCUT2D eigenvalue weighted by atomic mass is 32.2. The molecule has 1 N–H and O–H groups in total. The molecule has 1 aliphatic rings. The van der Waals surface area contributed by atoms with Crippen LogP contribution in [0.5, 0.6) is 0 Å². The lowest BCUT2D eigenvalue weighted by Crippen LogP contribution is -2.23. The number of para-hydroxylation sites is 2. The number of imidazole rings is 1. The number of aromatic amines is 1. The number of nitrogens with zero attached hydrogens (tertiary/aromatic N) is 1. The van der Waals surface area contributed by atoms with Gasteiger partial charge in [0.1, 0.15) is 0 Å². The molecule has 0 amide bonds. The Labute approximate surface area is 104 Å². The molecule has 3 rings (SSSR count). The Morgan fingerprint density at radius 3 is 2.88 bits per heavy atom. The van der Waals surface area contributed by atoms with Gasteiger partial charge in [0.15, 0.2) is 0 Å². The topological polar surface area (TPSA) is 37.8 Å². The first-order valence-corrected chi connectivity index (χ1v) is 7.25. The molecule has 0 radical (unpaired) electrons. The number of nitrogens with one attached hydrogen (secondary N) is 1. The lowest BCUT2D eigenvalue weighted by Gasteiger charge is -2.21. The number of hydrogen-bond acceptors (Lipinski definition) is 2. The van der Waals surface area contributed by atoms with E-state index in [2.05, 4.69) is 4.98 Å². The van der Waals surface area contributed by atoms with E-state index in [9.17, 15) is 4.79 Å². The highest BCUT2D eigenvalue weighted by molar-refractivity contribution is 7.99. The highest BCUT2D eigenvalue weighted by Gasteiger charge is 2.16. The van der Waals surface area contributed by atoms with Crippen LogP contribution in [0.1, 0.15) is 12.8 Å². The van der Waals surface area contributed by atoms with E-state index < -0.39 is 0 Å². The fraction of sp³-hybridized carbons (Fsp3) is 0.462. The predicted molar refractivity (Wildman–Crippen MR) is 72.6 cm³/mol. The maximum absolute atomic E-state index is 11.9. The molecule has 2 aromatic rings. The zero-order valence-electron chi connectivity index (χ0n) is 9.69. The fourth-order valence-electron chi connectivity index (χ4n) is 2.48. The van der Waals surface area contributed by atoms with Crippen molar-refractivity contribution in [1.29, 1.82) is 0 Å². The van der Waals surface area contributed by atoms with Crippen LogP contribution >= 0.6 is 11.8 Å². The quantitative estimate of drug-likeness (QED) is 0.886. The minimum absolute atomic E-state index is 0.0319. The first-order valence-electron chi connectivity index (χ1n) is 6.10.